The van der Waals surface area contributed by atoms with Crippen LogP contribution in [-0.2, 0) is 0 Å². The van der Waals surface area contributed by atoms with Crippen LogP contribution >= 0.6 is 0 Å². The Morgan fingerprint density at radius 2 is 0.933 bits per heavy atom. The van der Waals surface area contributed by atoms with E-state index in [4.69, 9.17) is 5.11 Å². The average molecular weight is 409 g/mol. The second kappa shape index (κ2) is 10.7. The quantitative estimate of drug-likeness (QED) is 0.377. The van der Waals surface area contributed by atoms with E-state index in [1.165, 1.54) is 5.56 Å². The monoisotopic (exact) mass is 408 g/mol. The molecule has 0 saturated heterocycles. The zero-order valence-corrected chi connectivity index (χ0v) is 19.8. The van der Waals surface area contributed by atoms with Crippen LogP contribution < -0.4 is 0 Å². The van der Waals surface area contributed by atoms with Crippen molar-refractivity contribution in [2.45, 2.75) is 62.3 Å². The number of aryl methyl sites for hydroxylation is 6. The lowest BCUT2D eigenvalue weighted by molar-refractivity contribution is 0.466. The van der Waals surface area contributed by atoms with Gasteiger partial charge in [-0.15, -0.1) is 0 Å². The normalized spacial score (nSPS) is 9.90. The molecule has 3 heteroatoms. The van der Waals surface area contributed by atoms with Gasteiger partial charge in [0.05, 0.1) is 0 Å². The summed E-state index contributed by atoms with van der Waals surface area (Å²) in [5.41, 5.74) is 9.88. The first kappa shape index (κ1) is 25.1. The molecule has 3 N–H and O–H groups in total. The van der Waals surface area contributed by atoms with Gasteiger partial charge in [-0.25, -0.2) is 0 Å². The number of hydrogen-bond donors (Lipinski definition) is 3. The molecule has 0 aliphatic heterocycles. The van der Waals surface area contributed by atoms with Crippen molar-refractivity contribution in [3.63, 3.8) is 0 Å². The zero-order chi connectivity index (χ0) is 23.2. The Morgan fingerprint density at radius 1 is 0.467 bits per heavy atom. The van der Waals surface area contributed by atoms with Gasteiger partial charge in [0.15, 0.2) is 0 Å². The van der Waals surface area contributed by atoms with Crippen LogP contribution in [0, 0.1) is 62.3 Å². The van der Waals surface area contributed by atoms with Gasteiger partial charge in [0.2, 0.25) is 0 Å². The van der Waals surface area contributed by atoms with Crippen molar-refractivity contribution in [3.8, 4) is 17.2 Å². The van der Waals surface area contributed by atoms with E-state index in [9.17, 15) is 10.2 Å². The average Bonchev–Trinajstić information content (AvgIpc) is 2.66. The fourth-order valence-electron chi connectivity index (χ4n) is 2.97. The minimum atomic E-state index is 0.362. The summed E-state index contributed by atoms with van der Waals surface area (Å²) in [7, 11) is 0. The summed E-state index contributed by atoms with van der Waals surface area (Å²) in [5, 5.41) is 27.8. The molecule has 0 heterocycles. The largest absolute Gasteiger partial charge is 0.508 e. The number of rotatable bonds is 0. The first-order valence-electron chi connectivity index (χ1n) is 10.1. The molecule has 0 atom stereocenters. The summed E-state index contributed by atoms with van der Waals surface area (Å²) in [4.78, 5) is 0. The summed E-state index contributed by atoms with van der Waals surface area (Å²) < 4.78 is 0. The second-order valence-electron chi connectivity index (χ2n) is 8.10. The SMILES string of the molecule is Cc1cc(C)c(C)c(O)c1.Cc1cc(O)cc(C)c1C.Cc1ccc(C)c(O)c1C. The Morgan fingerprint density at radius 3 is 1.40 bits per heavy atom. The number of phenolic OH excluding ortho intramolecular Hbond substituents is 3. The Bertz CT molecular complexity index is 888. The highest BCUT2D eigenvalue weighted by Crippen LogP contribution is 2.23. The Labute approximate surface area is 181 Å². The lowest BCUT2D eigenvalue weighted by Crippen LogP contribution is -1.84. The molecule has 0 aromatic heterocycles. The predicted molar refractivity (Wildman–Crippen MR) is 127 cm³/mol. The van der Waals surface area contributed by atoms with Crippen molar-refractivity contribution in [2.75, 3.05) is 0 Å². The van der Waals surface area contributed by atoms with E-state index >= 15 is 0 Å². The molecule has 30 heavy (non-hydrogen) atoms. The molecule has 0 spiro atoms. The minimum absolute atomic E-state index is 0.362. The maximum Gasteiger partial charge on any atom is 0.121 e. The van der Waals surface area contributed by atoms with Gasteiger partial charge in [0.1, 0.15) is 17.2 Å². The molecule has 0 fully saturated rings. The number of hydrogen-bond acceptors (Lipinski definition) is 3. The van der Waals surface area contributed by atoms with E-state index in [1.54, 1.807) is 18.2 Å². The molecule has 162 valence electrons. The highest BCUT2D eigenvalue weighted by atomic mass is 16.3. The summed E-state index contributed by atoms with van der Waals surface area (Å²) in [6, 6.07) is 11.4. The lowest BCUT2D eigenvalue weighted by atomic mass is 10.0. The van der Waals surface area contributed by atoms with Crippen molar-refractivity contribution >= 4 is 0 Å². The van der Waals surface area contributed by atoms with Crippen LogP contribution in [0.15, 0.2) is 36.4 Å². The van der Waals surface area contributed by atoms with Crippen LogP contribution in [0.3, 0.4) is 0 Å². The summed E-state index contributed by atoms with van der Waals surface area (Å²) >= 11 is 0. The fourth-order valence-corrected chi connectivity index (χ4v) is 2.97. The molecule has 0 aliphatic rings. The smallest absolute Gasteiger partial charge is 0.121 e. The highest BCUT2D eigenvalue weighted by molar-refractivity contribution is 5.43. The molecule has 0 bridgehead atoms. The van der Waals surface area contributed by atoms with Crippen molar-refractivity contribution in [1.82, 2.24) is 0 Å². The van der Waals surface area contributed by atoms with E-state index in [1.807, 2.05) is 67.5 Å². The van der Waals surface area contributed by atoms with Crippen molar-refractivity contribution < 1.29 is 15.3 Å². The molecule has 0 saturated carbocycles. The van der Waals surface area contributed by atoms with Crippen LogP contribution in [0.2, 0.25) is 0 Å². The van der Waals surface area contributed by atoms with Crippen LogP contribution in [-0.4, -0.2) is 15.3 Å². The first-order valence-corrected chi connectivity index (χ1v) is 10.1. The maximum atomic E-state index is 9.39. The molecule has 0 radical (unpaired) electrons. The molecular weight excluding hydrogens is 372 g/mol. The molecule has 3 aromatic carbocycles. The zero-order valence-electron chi connectivity index (χ0n) is 19.8. The van der Waals surface area contributed by atoms with Crippen molar-refractivity contribution in [3.05, 3.63) is 86.5 Å². The molecule has 3 rings (SSSR count). The Hall–Kier alpha value is -2.94. The third kappa shape index (κ3) is 6.84. The van der Waals surface area contributed by atoms with Gasteiger partial charge < -0.3 is 15.3 Å². The van der Waals surface area contributed by atoms with Gasteiger partial charge >= 0.3 is 0 Å². The number of phenols is 3. The standard InChI is InChI=1S/3C9H12O/c1-6-4-9(10)5-7(2)8(6)3;1-6-4-7(2)8(3)9(10)5-6;1-6-4-5-7(2)9(10)8(6)3/h3*4-5,10H,1-3H3. The lowest BCUT2D eigenvalue weighted by Gasteiger charge is -2.04. The van der Waals surface area contributed by atoms with Crippen molar-refractivity contribution in [1.29, 1.82) is 0 Å². The number of aromatic hydroxyl groups is 3. The summed E-state index contributed by atoms with van der Waals surface area (Å²) in [6.45, 7) is 17.8. The summed E-state index contributed by atoms with van der Waals surface area (Å²) in [5.74, 6) is 1.19. The second-order valence-corrected chi connectivity index (χ2v) is 8.10. The molecule has 3 nitrogen and oxygen atoms in total. The van der Waals surface area contributed by atoms with E-state index in [0.717, 1.165) is 44.5 Å². The third-order valence-corrected chi connectivity index (χ3v) is 5.60. The van der Waals surface area contributed by atoms with E-state index in [-0.39, 0.29) is 0 Å². The van der Waals surface area contributed by atoms with E-state index in [0.29, 0.717) is 17.2 Å². The predicted octanol–water partition coefficient (Wildman–Crippen LogP) is 6.95. The van der Waals surface area contributed by atoms with Crippen LogP contribution in [0.25, 0.3) is 0 Å². The molecule has 0 unspecified atom stereocenters. The fraction of sp³-hybridized carbons (Fsp3) is 0.333. The van der Waals surface area contributed by atoms with Gasteiger partial charge in [-0.1, -0.05) is 18.2 Å². The van der Waals surface area contributed by atoms with Crippen LogP contribution in [0.5, 0.6) is 17.2 Å². The maximum absolute atomic E-state index is 9.39. The molecule has 3 aromatic rings. The molecule has 0 amide bonds. The van der Waals surface area contributed by atoms with Gasteiger partial charge in [0.25, 0.3) is 0 Å². The van der Waals surface area contributed by atoms with Crippen molar-refractivity contribution in [2.24, 2.45) is 0 Å². The summed E-state index contributed by atoms with van der Waals surface area (Å²) in [6.07, 6.45) is 0. The van der Waals surface area contributed by atoms with Gasteiger partial charge in [0, 0.05) is 0 Å². The highest BCUT2D eigenvalue weighted by Gasteiger charge is 2.01. The Balaban J connectivity index is 0.000000225. The van der Waals surface area contributed by atoms with E-state index < -0.39 is 0 Å². The molecule has 0 aliphatic carbocycles. The number of benzene rings is 3. The third-order valence-electron chi connectivity index (χ3n) is 5.60. The van der Waals surface area contributed by atoms with Gasteiger partial charge in [-0.05, 0) is 131 Å². The van der Waals surface area contributed by atoms with Gasteiger partial charge in [-0.3, -0.25) is 0 Å². The van der Waals surface area contributed by atoms with Gasteiger partial charge in [-0.2, -0.15) is 0 Å². The van der Waals surface area contributed by atoms with E-state index in [2.05, 4.69) is 13.0 Å². The minimum Gasteiger partial charge on any atom is -0.508 e. The Kier molecular flexibility index (Phi) is 8.97. The molecular formula is C27H36O3. The first-order chi connectivity index (χ1) is 13.8. The van der Waals surface area contributed by atoms with Crippen LogP contribution in [0.4, 0.5) is 0 Å². The topological polar surface area (TPSA) is 60.7 Å². The van der Waals surface area contributed by atoms with Crippen LogP contribution in [0.1, 0.15) is 50.1 Å².